The third-order valence-corrected chi connectivity index (χ3v) is 3.27. The van der Waals surface area contributed by atoms with E-state index in [4.69, 9.17) is 4.74 Å². The van der Waals surface area contributed by atoms with E-state index in [0.29, 0.717) is 12.4 Å². The van der Waals surface area contributed by atoms with E-state index in [0.717, 1.165) is 14.7 Å². The molecule has 18 heavy (non-hydrogen) atoms. The van der Waals surface area contributed by atoms with Gasteiger partial charge in [-0.25, -0.2) is 0 Å². The van der Waals surface area contributed by atoms with Crippen molar-refractivity contribution in [3.63, 3.8) is 0 Å². The summed E-state index contributed by atoms with van der Waals surface area (Å²) in [6.45, 7) is 2.51. The highest BCUT2D eigenvalue weighted by molar-refractivity contribution is 14.1. The monoisotopic (exact) mass is 355 g/mol. The number of aliphatic hydroxyl groups excluding tert-OH is 1. The fraction of sp³-hybridized carbons (Fsp3) is 0.214. The molecule has 0 spiro atoms. The highest BCUT2D eigenvalue weighted by atomic mass is 127. The van der Waals surface area contributed by atoms with Gasteiger partial charge in [0.05, 0.1) is 12.8 Å². The van der Waals surface area contributed by atoms with Crippen molar-refractivity contribution in [2.75, 3.05) is 6.61 Å². The molecule has 1 unspecified atom stereocenters. The van der Waals surface area contributed by atoms with Crippen LogP contribution in [0, 0.1) is 3.57 Å². The SMILES string of the molecule is CCOc1cncc(C(O)c2ccc(I)cc2)c1. The highest BCUT2D eigenvalue weighted by Crippen LogP contribution is 2.24. The molecule has 0 saturated heterocycles. The van der Waals surface area contributed by atoms with Gasteiger partial charge in [0.1, 0.15) is 11.9 Å². The lowest BCUT2D eigenvalue weighted by molar-refractivity contribution is 0.219. The van der Waals surface area contributed by atoms with Gasteiger partial charge in [0, 0.05) is 15.3 Å². The van der Waals surface area contributed by atoms with Gasteiger partial charge in [0.25, 0.3) is 0 Å². The summed E-state index contributed by atoms with van der Waals surface area (Å²) in [7, 11) is 0. The van der Waals surface area contributed by atoms with Crippen molar-refractivity contribution >= 4 is 22.6 Å². The maximum atomic E-state index is 10.3. The Labute approximate surface area is 120 Å². The molecule has 1 atom stereocenters. The molecule has 0 aliphatic carbocycles. The van der Waals surface area contributed by atoms with E-state index in [1.54, 1.807) is 12.4 Å². The lowest BCUT2D eigenvalue weighted by Crippen LogP contribution is -2.01. The fourth-order valence-corrected chi connectivity index (χ4v) is 2.03. The van der Waals surface area contributed by atoms with Gasteiger partial charge < -0.3 is 9.84 Å². The first-order valence-electron chi connectivity index (χ1n) is 5.72. The fourth-order valence-electron chi connectivity index (χ4n) is 1.67. The molecule has 0 saturated carbocycles. The average Bonchev–Trinajstić information content (AvgIpc) is 2.39. The van der Waals surface area contributed by atoms with E-state index in [2.05, 4.69) is 27.6 Å². The lowest BCUT2D eigenvalue weighted by atomic mass is 10.0. The van der Waals surface area contributed by atoms with Crippen LogP contribution >= 0.6 is 22.6 Å². The number of ether oxygens (including phenoxy) is 1. The van der Waals surface area contributed by atoms with E-state index in [1.807, 2.05) is 37.3 Å². The minimum Gasteiger partial charge on any atom is -0.492 e. The Morgan fingerprint density at radius 1 is 1.22 bits per heavy atom. The minimum absolute atomic E-state index is 0.588. The summed E-state index contributed by atoms with van der Waals surface area (Å²) in [5, 5.41) is 10.3. The van der Waals surface area contributed by atoms with Gasteiger partial charge in [0.2, 0.25) is 0 Å². The van der Waals surface area contributed by atoms with Crippen LogP contribution in [0.5, 0.6) is 5.75 Å². The molecule has 0 bridgehead atoms. The van der Waals surface area contributed by atoms with Gasteiger partial charge in [-0.3, -0.25) is 4.98 Å². The Hall–Kier alpha value is -1.14. The summed E-state index contributed by atoms with van der Waals surface area (Å²) in [4.78, 5) is 4.08. The van der Waals surface area contributed by atoms with Crippen molar-refractivity contribution in [1.82, 2.24) is 4.98 Å². The smallest absolute Gasteiger partial charge is 0.137 e. The maximum absolute atomic E-state index is 10.3. The van der Waals surface area contributed by atoms with Crippen molar-refractivity contribution in [2.45, 2.75) is 13.0 Å². The number of aromatic nitrogens is 1. The molecule has 94 valence electrons. The van der Waals surface area contributed by atoms with Crippen LogP contribution in [0.15, 0.2) is 42.7 Å². The van der Waals surface area contributed by atoms with Crippen molar-refractivity contribution in [3.05, 3.63) is 57.4 Å². The summed E-state index contributed by atoms with van der Waals surface area (Å²) in [5.41, 5.74) is 1.59. The predicted octanol–water partition coefficient (Wildman–Crippen LogP) is 3.17. The summed E-state index contributed by atoms with van der Waals surface area (Å²) in [6, 6.07) is 9.59. The van der Waals surface area contributed by atoms with Crippen LogP contribution in [0.4, 0.5) is 0 Å². The van der Waals surface area contributed by atoms with E-state index >= 15 is 0 Å². The summed E-state index contributed by atoms with van der Waals surface area (Å²) >= 11 is 2.24. The summed E-state index contributed by atoms with van der Waals surface area (Å²) < 4.78 is 6.52. The van der Waals surface area contributed by atoms with Crippen molar-refractivity contribution < 1.29 is 9.84 Å². The van der Waals surface area contributed by atoms with Crippen LogP contribution in [-0.2, 0) is 0 Å². The van der Waals surface area contributed by atoms with Gasteiger partial charge in [0.15, 0.2) is 0 Å². The Kier molecular flexibility index (Phi) is 4.54. The third kappa shape index (κ3) is 3.20. The van der Waals surface area contributed by atoms with Crippen LogP contribution in [0.3, 0.4) is 0 Å². The zero-order chi connectivity index (χ0) is 13.0. The van der Waals surface area contributed by atoms with E-state index in [9.17, 15) is 5.11 Å². The first-order chi connectivity index (χ1) is 8.70. The van der Waals surface area contributed by atoms with Gasteiger partial charge in [-0.05, 0) is 53.3 Å². The Bertz CT molecular complexity index is 513. The first-order valence-corrected chi connectivity index (χ1v) is 6.80. The molecular formula is C14H14INO2. The Balaban J connectivity index is 2.24. The minimum atomic E-state index is -0.671. The molecule has 1 aromatic heterocycles. The van der Waals surface area contributed by atoms with E-state index in [-0.39, 0.29) is 0 Å². The molecule has 0 aliphatic rings. The molecule has 0 radical (unpaired) electrons. The van der Waals surface area contributed by atoms with Crippen LogP contribution in [-0.4, -0.2) is 16.7 Å². The lowest BCUT2D eigenvalue weighted by Gasteiger charge is -2.12. The van der Waals surface area contributed by atoms with E-state index in [1.165, 1.54) is 0 Å². The van der Waals surface area contributed by atoms with Crippen LogP contribution in [0.25, 0.3) is 0 Å². The molecule has 2 aromatic rings. The van der Waals surface area contributed by atoms with Gasteiger partial charge in [-0.15, -0.1) is 0 Å². The first kappa shape index (κ1) is 13.3. The Morgan fingerprint density at radius 2 is 1.94 bits per heavy atom. The second-order valence-corrected chi connectivity index (χ2v) is 5.09. The van der Waals surface area contributed by atoms with Crippen molar-refractivity contribution in [2.24, 2.45) is 0 Å². The Morgan fingerprint density at radius 3 is 2.61 bits per heavy atom. The number of nitrogens with zero attached hydrogens (tertiary/aromatic N) is 1. The number of hydrogen-bond acceptors (Lipinski definition) is 3. The number of aliphatic hydroxyl groups is 1. The second kappa shape index (κ2) is 6.15. The standard InChI is InChI=1S/C14H14INO2/c1-2-18-13-7-11(8-16-9-13)14(17)10-3-5-12(15)6-4-10/h3-9,14,17H,2H2,1H3. The highest BCUT2D eigenvalue weighted by Gasteiger charge is 2.11. The summed E-state index contributed by atoms with van der Waals surface area (Å²) in [5.74, 6) is 0.680. The molecule has 1 heterocycles. The zero-order valence-electron chi connectivity index (χ0n) is 10.0. The van der Waals surface area contributed by atoms with Crippen LogP contribution in [0.2, 0.25) is 0 Å². The number of rotatable bonds is 4. The molecule has 0 aliphatic heterocycles. The number of hydrogen-bond donors (Lipinski definition) is 1. The number of benzene rings is 1. The molecule has 0 amide bonds. The second-order valence-electron chi connectivity index (χ2n) is 3.84. The molecule has 1 aromatic carbocycles. The van der Waals surface area contributed by atoms with Crippen LogP contribution < -0.4 is 4.74 Å². The molecule has 0 fully saturated rings. The topological polar surface area (TPSA) is 42.4 Å². The molecular weight excluding hydrogens is 341 g/mol. The van der Waals surface area contributed by atoms with Gasteiger partial charge >= 0.3 is 0 Å². The van der Waals surface area contributed by atoms with E-state index < -0.39 is 6.10 Å². The van der Waals surface area contributed by atoms with Crippen molar-refractivity contribution in [3.8, 4) is 5.75 Å². The molecule has 4 heteroatoms. The maximum Gasteiger partial charge on any atom is 0.137 e. The average molecular weight is 355 g/mol. The largest absolute Gasteiger partial charge is 0.492 e. The number of halogens is 1. The third-order valence-electron chi connectivity index (χ3n) is 2.55. The van der Waals surface area contributed by atoms with Gasteiger partial charge in [-0.1, -0.05) is 12.1 Å². The summed E-state index contributed by atoms with van der Waals surface area (Å²) in [6.07, 6.45) is 2.63. The quantitative estimate of drug-likeness (QED) is 0.857. The van der Waals surface area contributed by atoms with Gasteiger partial charge in [-0.2, -0.15) is 0 Å². The normalized spacial score (nSPS) is 12.2. The van der Waals surface area contributed by atoms with Crippen LogP contribution in [0.1, 0.15) is 24.2 Å². The molecule has 2 rings (SSSR count). The predicted molar refractivity (Wildman–Crippen MR) is 78.6 cm³/mol. The molecule has 3 nitrogen and oxygen atoms in total. The number of pyridine rings is 1. The zero-order valence-corrected chi connectivity index (χ0v) is 12.2. The van der Waals surface area contributed by atoms with Crippen molar-refractivity contribution in [1.29, 1.82) is 0 Å². The molecule has 1 N–H and O–H groups in total.